The van der Waals surface area contributed by atoms with Gasteiger partial charge in [0, 0.05) is 24.3 Å². The van der Waals surface area contributed by atoms with Gasteiger partial charge in [0.15, 0.2) is 0 Å². The summed E-state index contributed by atoms with van der Waals surface area (Å²) in [4.78, 5) is 10.7. The van der Waals surface area contributed by atoms with Crippen LogP contribution in [-0.4, -0.2) is 33.1 Å². The quantitative estimate of drug-likeness (QED) is 0.688. The van der Waals surface area contributed by atoms with Crippen molar-refractivity contribution in [2.24, 2.45) is 5.92 Å². The predicted octanol–water partition coefficient (Wildman–Crippen LogP) is 1.50. The van der Waals surface area contributed by atoms with E-state index in [-0.39, 0.29) is 5.92 Å². The number of piperidine rings is 1. The van der Waals surface area contributed by atoms with Gasteiger partial charge in [-0.1, -0.05) is 12.8 Å². The monoisotopic (exact) mass is 229 g/mol. The highest BCUT2D eigenvalue weighted by molar-refractivity contribution is 7.83. The van der Waals surface area contributed by atoms with E-state index in [0.717, 1.165) is 38.5 Å². The third-order valence-electron chi connectivity index (χ3n) is 3.45. The molecule has 0 aromatic carbocycles. The van der Waals surface area contributed by atoms with Crippen molar-refractivity contribution >= 4 is 17.3 Å². The number of hydrogen-bond donors (Lipinski definition) is 0. The summed E-state index contributed by atoms with van der Waals surface area (Å²) in [7, 11) is -0.830. The highest BCUT2D eigenvalue weighted by Gasteiger charge is 2.29. The maximum Gasteiger partial charge on any atom is 0.124 e. The average molecular weight is 229 g/mol. The minimum atomic E-state index is -0.830. The lowest BCUT2D eigenvalue weighted by atomic mass is 10.0. The van der Waals surface area contributed by atoms with Gasteiger partial charge in [-0.25, -0.2) is 8.51 Å². The topological polar surface area (TPSA) is 37.4 Å². The second kappa shape index (κ2) is 5.21. The van der Waals surface area contributed by atoms with E-state index in [1.165, 1.54) is 12.8 Å². The van der Waals surface area contributed by atoms with Gasteiger partial charge in [0.2, 0.25) is 0 Å². The van der Waals surface area contributed by atoms with Crippen LogP contribution in [0.2, 0.25) is 0 Å². The van der Waals surface area contributed by atoms with Crippen LogP contribution in [0.25, 0.3) is 0 Å². The number of hydrogen-bond acceptors (Lipinski definition) is 2. The molecule has 4 heteroatoms. The minimum Gasteiger partial charge on any atom is -0.303 e. The molecule has 1 aliphatic heterocycles. The first-order chi connectivity index (χ1) is 7.31. The Morgan fingerprint density at radius 1 is 1.13 bits per heavy atom. The van der Waals surface area contributed by atoms with Crippen LogP contribution >= 0.6 is 0 Å². The van der Waals surface area contributed by atoms with Gasteiger partial charge in [0.1, 0.15) is 6.29 Å². The number of nitrogens with zero attached hydrogens (tertiary/aromatic N) is 1. The lowest BCUT2D eigenvalue weighted by Gasteiger charge is -2.30. The van der Waals surface area contributed by atoms with Crippen molar-refractivity contribution in [1.29, 1.82) is 0 Å². The van der Waals surface area contributed by atoms with Crippen LogP contribution in [0.3, 0.4) is 0 Å². The smallest absolute Gasteiger partial charge is 0.124 e. The summed E-state index contributed by atoms with van der Waals surface area (Å²) in [6.45, 7) is 1.63. The average Bonchev–Trinajstić information content (AvgIpc) is 2.81. The molecule has 1 aliphatic carbocycles. The molecule has 15 heavy (non-hydrogen) atoms. The number of rotatable bonds is 3. The van der Waals surface area contributed by atoms with Gasteiger partial charge in [0.05, 0.1) is 11.0 Å². The summed E-state index contributed by atoms with van der Waals surface area (Å²) >= 11 is 0. The zero-order valence-corrected chi connectivity index (χ0v) is 9.88. The van der Waals surface area contributed by atoms with Gasteiger partial charge in [-0.05, 0) is 25.7 Å². The van der Waals surface area contributed by atoms with E-state index in [4.69, 9.17) is 0 Å². The van der Waals surface area contributed by atoms with Crippen molar-refractivity contribution in [1.82, 2.24) is 4.31 Å². The summed E-state index contributed by atoms with van der Waals surface area (Å²) in [6, 6.07) is 0. The normalized spacial score (nSPS) is 31.6. The third-order valence-corrected chi connectivity index (χ3v) is 5.34. The molecule has 0 aromatic rings. The fraction of sp³-hybridized carbons (Fsp3) is 0.909. The molecule has 3 nitrogen and oxygen atoms in total. The Hall–Kier alpha value is -0.220. The lowest BCUT2D eigenvalue weighted by Crippen LogP contribution is -2.40. The van der Waals surface area contributed by atoms with Crippen molar-refractivity contribution in [3.63, 3.8) is 0 Å². The molecule has 0 amide bonds. The van der Waals surface area contributed by atoms with Crippen LogP contribution in [-0.2, 0) is 15.8 Å². The SMILES string of the molecule is O=CC1CCCN(S(=O)C2CCCC2)C1. The molecule has 2 atom stereocenters. The van der Waals surface area contributed by atoms with E-state index in [9.17, 15) is 9.00 Å². The molecule has 2 unspecified atom stereocenters. The van der Waals surface area contributed by atoms with Gasteiger partial charge in [-0.2, -0.15) is 0 Å². The highest BCUT2D eigenvalue weighted by Crippen LogP contribution is 2.26. The third kappa shape index (κ3) is 2.67. The largest absolute Gasteiger partial charge is 0.303 e. The van der Waals surface area contributed by atoms with E-state index in [1.54, 1.807) is 0 Å². The zero-order valence-electron chi connectivity index (χ0n) is 9.06. The van der Waals surface area contributed by atoms with Crippen molar-refractivity contribution in [3.05, 3.63) is 0 Å². The Morgan fingerprint density at radius 2 is 1.87 bits per heavy atom. The first-order valence-corrected chi connectivity index (χ1v) is 7.09. The lowest BCUT2D eigenvalue weighted by molar-refractivity contribution is -0.112. The Morgan fingerprint density at radius 3 is 2.53 bits per heavy atom. The van der Waals surface area contributed by atoms with Crippen LogP contribution in [0.1, 0.15) is 38.5 Å². The second-order valence-corrected chi connectivity index (χ2v) is 6.34. The molecule has 1 heterocycles. The molecule has 1 saturated heterocycles. The van der Waals surface area contributed by atoms with Crippen molar-refractivity contribution in [2.45, 2.75) is 43.8 Å². The van der Waals surface area contributed by atoms with Gasteiger partial charge in [-0.3, -0.25) is 0 Å². The fourth-order valence-electron chi connectivity index (χ4n) is 2.55. The van der Waals surface area contributed by atoms with Crippen LogP contribution in [0.4, 0.5) is 0 Å². The van der Waals surface area contributed by atoms with E-state index in [2.05, 4.69) is 0 Å². The molecular formula is C11H19NO2S. The predicted molar refractivity (Wildman–Crippen MR) is 60.8 cm³/mol. The molecule has 0 bridgehead atoms. The molecule has 86 valence electrons. The second-order valence-electron chi connectivity index (χ2n) is 4.61. The molecule has 2 fully saturated rings. The summed E-state index contributed by atoms with van der Waals surface area (Å²) in [5.41, 5.74) is 0. The summed E-state index contributed by atoms with van der Waals surface area (Å²) in [6.07, 6.45) is 7.67. The van der Waals surface area contributed by atoms with E-state index in [0.29, 0.717) is 11.8 Å². The fourth-order valence-corrected chi connectivity index (χ4v) is 4.35. The van der Waals surface area contributed by atoms with Crippen molar-refractivity contribution < 1.29 is 9.00 Å². The highest BCUT2D eigenvalue weighted by atomic mass is 32.2. The van der Waals surface area contributed by atoms with Gasteiger partial charge in [-0.15, -0.1) is 0 Å². The molecular weight excluding hydrogens is 210 g/mol. The summed E-state index contributed by atoms with van der Waals surface area (Å²) in [5.74, 6) is 0.115. The summed E-state index contributed by atoms with van der Waals surface area (Å²) < 4.78 is 14.2. The molecule has 1 saturated carbocycles. The van der Waals surface area contributed by atoms with E-state index >= 15 is 0 Å². The van der Waals surface area contributed by atoms with Crippen molar-refractivity contribution in [2.75, 3.05) is 13.1 Å². The van der Waals surface area contributed by atoms with Gasteiger partial charge in [0.25, 0.3) is 0 Å². The molecule has 2 rings (SSSR count). The van der Waals surface area contributed by atoms with Crippen LogP contribution in [0.5, 0.6) is 0 Å². The Bertz CT molecular complexity index is 251. The van der Waals surface area contributed by atoms with Crippen LogP contribution in [0.15, 0.2) is 0 Å². The molecule has 2 aliphatic rings. The minimum absolute atomic E-state index is 0.115. The van der Waals surface area contributed by atoms with Gasteiger partial charge >= 0.3 is 0 Å². The standard InChI is InChI=1S/C11H19NO2S/c13-9-10-4-3-7-12(8-10)15(14)11-5-1-2-6-11/h9-11H,1-8H2. The Balaban J connectivity index is 1.91. The van der Waals surface area contributed by atoms with E-state index < -0.39 is 11.0 Å². The number of carbonyl (C=O) groups excluding carboxylic acids is 1. The summed E-state index contributed by atoms with van der Waals surface area (Å²) in [5, 5.41) is 0.371. The van der Waals surface area contributed by atoms with Crippen molar-refractivity contribution in [3.8, 4) is 0 Å². The van der Waals surface area contributed by atoms with Crippen LogP contribution < -0.4 is 0 Å². The molecule has 0 aromatic heterocycles. The first-order valence-electron chi connectivity index (χ1n) is 5.92. The Labute approximate surface area is 93.8 Å². The van der Waals surface area contributed by atoms with Crippen LogP contribution in [0, 0.1) is 5.92 Å². The molecule has 0 radical (unpaired) electrons. The maximum absolute atomic E-state index is 12.2. The zero-order chi connectivity index (χ0) is 10.7. The first kappa shape index (κ1) is 11.3. The Kier molecular flexibility index (Phi) is 3.92. The molecule has 0 N–H and O–H groups in total. The van der Waals surface area contributed by atoms with Gasteiger partial charge < -0.3 is 4.79 Å². The number of aldehydes is 1. The van der Waals surface area contributed by atoms with E-state index in [1.807, 2.05) is 4.31 Å². The number of carbonyl (C=O) groups is 1. The maximum atomic E-state index is 12.2. The molecule has 0 spiro atoms.